The summed E-state index contributed by atoms with van der Waals surface area (Å²) in [6, 6.07) is 4.67. The van der Waals surface area contributed by atoms with Crippen molar-refractivity contribution in [2.75, 3.05) is 38.1 Å². The number of aryl methyl sites for hydroxylation is 2. The average Bonchev–Trinajstić information content (AvgIpc) is 3.21. The molecule has 10 nitrogen and oxygen atoms in total. The molecule has 2 heterocycles. The van der Waals surface area contributed by atoms with Gasteiger partial charge in [-0.25, -0.2) is 8.42 Å². The van der Waals surface area contributed by atoms with E-state index in [1.165, 1.54) is 22.5 Å². The minimum atomic E-state index is -3.82. The highest BCUT2D eigenvalue weighted by atomic mass is 32.2. The molecule has 1 aliphatic rings. The van der Waals surface area contributed by atoms with Gasteiger partial charge in [0.15, 0.2) is 0 Å². The number of nitrogens with two attached hydrogens (primary N) is 1. The van der Waals surface area contributed by atoms with Crippen LogP contribution in [-0.4, -0.2) is 72.8 Å². The Morgan fingerprint density at radius 1 is 1.11 bits per heavy atom. The molecule has 11 heteroatoms. The highest BCUT2D eigenvalue weighted by Crippen LogP contribution is 2.30. The van der Waals surface area contributed by atoms with Crippen molar-refractivity contribution in [1.82, 2.24) is 13.8 Å². The molecule has 0 aliphatic carbocycles. The number of hydrogen-bond acceptors (Lipinski definition) is 6. The maximum Gasteiger partial charge on any atom is 0.267 e. The lowest BCUT2D eigenvalue weighted by molar-refractivity contribution is 0.0992. The van der Waals surface area contributed by atoms with Gasteiger partial charge in [-0.1, -0.05) is 13.3 Å². The van der Waals surface area contributed by atoms with Gasteiger partial charge in [0, 0.05) is 45.0 Å². The fourth-order valence-corrected chi connectivity index (χ4v) is 6.09. The summed E-state index contributed by atoms with van der Waals surface area (Å²) >= 11 is 0. The van der Waals surface area contributed by atoms with Crippen molar-refractivity contribution in [3.63, 3.8) is 0 Å². The standard InChI is InChI=1S/C26H39N5O5S/c1-6-9-19-17-29(7-2)24(25(27)32)23(19)28-26(33)21-16-20(10-11-22(21)36-8-3)37(34,35)31-14-12-30(13-15-31)18(4)5/h10-11,16-18H,6-9,12-15H2,1-5H3,(H2,27,32)(H,28,33). The Morgan fingerprint density at radius 3 is 2.32 bits per heavy atom. The predicted molar refractivity (Wildman–Crippen MR) is 144 cm³/mol. The van der Waals surface area contributed by atoms with E-state index in [2.05, 4.69) is 24.1 Å². The topological polar surface area (TPSA) is 127 Å². The summed E-state index contributed by atoms with van der Waals surface area (Å²) in [5, 5.41) is 2.84. The van der Waals surface area contributed by atoms with Crippen molar-refractivity contribution in [1.29, 1.82) is 0 Å². The number of hydrogen-bond donors (Lipinski definition) is 2. The van der Waals surface area contributed by atoms with Gasteiger partial charge in [0.1, 0.15) is 11.4 Å². The average molecular weight is 534 g/mol. The fraction of sp³-hybridized carbons (Fsp3) is 0.538. The van der Waals surface area contributed by atoms with Crippen LogP contribution in [0.3, 0.4) is 0 Å². The summed E-state index contributed by atoms with van der Waals surface area (Å²) < 4.78 is 35.7. The second-order valence-corrected chi connectivity index (χ2v) is 11.3. The SMILES string of the molecule is CCCc1cn(CC)c(C(N)=O)c1NC(=O)c1cc(S(=O)(=O)N2CCN(C(C)C)CC2)ccc1OCC. The van der Waals surface area contributed by atoms with E-state index in [-0.39, 0.29) is 21.9 Å². The lowest BCUT2D eigenvalue weighted by Gasteiger charge is -2.36. The van der Waals surface area contributed by atoms with Gasteiger partial charge < -0.3 is 20.4 Å². The van der Waals surface area contributed by atoms with Gasteiger partial charge >= 0.3 is 0 Å². The van der Waals surface area contributed by atoms with Crippen LogP contribution >= 0.6 is 0 Å². The number of rotatable bonds is 11. The highest BCUT2D eigenvalue weighted by Gasteiger charge is 2.31. The van der Waals surface area contributed by atoms with Crippen LogP contribution in [0.15, 0.2) is 29.3 Å². The number of primary amides is 1. The summed E-state index contributed by atoms with van der Waals surface area (Å²) in [4.78, 5) is 28.1. The fourth-order valence-electron chi connectivity index (χ4n) is 4.64. The van der Waals surface area contributed by atoms with Gasteiger partial charge in [-0.2, -0.15) is 4.31 Å². The first-order valence-electron chi connectivity index (χ1n) is 12.9. The van der Waals surface area contributed by atoms with Crippen molar-refractivity contribution >= 4 is 27.5 Å². The molecular weight excluding hydrogens is 494 g/mol. The van der Waals surface area contributed by atoms with Crippen LogP contribution in [0.25, 0.3) is 0 Å². The third-order valence-electron chi connectivity index (χ3n) is 6.63. The van der Waals surface area contributed by atoms with Crippen LogP contribution in [0.4, 0.5) is 5.69 Å². The van der Waals surface area contributed by atoms with Crippen molar-refractivity contribution in [3.05, 3.63) is 41.2 Å². The van der Waals surface area contributed by atoms with E-state index in [9.17, 15) is 18.0 Å². The van der Waals surface area contributed by atoms with E-state index in [0.29, 0.717) is 57.5 Å². The number of anilines is 1. The molecular formula is C26H39N5O5S. The van der Waals surface area contributed by atoms with E-state index < -0.39 is 21.8 Å². The van der Waals surface area contributed by atoms with Crippen molar-refractivity contribution < 1.29 is 22.7 Å². The molecule has 204 valence electrons. The quantitative estimate of drug-likeness (QED) is 0.457. The Morgan fingerprint density at radius 2 is 1.78 bits per heavy atom. The van der Waals surface area contributed by atoms with Crippen molar-refractivity contribution in [2.45, 2.75) is 64.9 Å². The van der Waals surface area contributed by atoms with Crippen LogP contribution in [0, 0.1) is 0 Å². The molecule has 2 aromatic rings. The van der Waals surface area contributed by atoms with Crippen LogP contribution in [0.2, 0.25) is 0 Å². The highest BCUT2D eigenvalue weighted by molar-refractivity contribution is 7.89. The summed E-state index contributed by atoms with van der Waals surface area (Å²) in [6.45, 7) is 12.7. The third kappa shape index (κ3) is 6.16. The maximum atomic E-state index is 13.5. The molecule has 1 aliphatic heterocycles. The molecule has 0 bridgehead atoms. The molecule has 0 atom stereocenters. The molecule has 1 saturated heterocycles. The Kier molecular flexibility index (Phi) is 9.38. The van der Waals surface area contributed by atoms with Gasteiger partial charge in [-0.05, 0) is 57.9 Å². The number of sulfonamides is 1. The molecule has 3 rings (SSSR count). The summed E-state index contributed by atoms with van der Waals surface area (Å²) in [6.07, 6.45) is 3.26. The normalized spacial score (nSPS) is 15.2. The Bertz CT molecular complexity index is 1230. The molecule has 1 fully saturated rings. The smallest absolute Gasteiger partial charge is 0.267 e. The third-order valence-corrected chi connectivity index (χ3v) is 8.52. The molecule has 37 heavy (non-hydrogen) atoms. The first kappa shape index (κ1) is 28.7. The van der Waals surface area contributed by atoms with Crippen LogP contribution in [0.1, 0.15) is 67.4 Å². The van der Waals surface area contributed by atoms with Crippen LogP contribution in [0.5, 0.6) is 5.75 Å². The summed E-state index contributed by atoms with van der Waals surface area (Å²) in [5.41, 5.74) is 7.08. The number of carbonyl (C=O) groups excluding carboxylic acids is 2. The number of benzene rings is 1. The lowest BCUT2D eigenvalue weighted by Crippen LogP contribution is -2.50. The van der Waals surface area contributed by atoms with Crippen LogP contribution in [-0.2, 0) is 23.0 Å². The molecule has 0 spiro atoms. The van der Waals surface area contributed by atoms with E-state index in [1.54, 1.807) is 11.5 Å². The number of ether oxygens (including phenoxy) is 1. The van der Waals surface area contributed by atoms with Gasteiger partial charge in [0.05, 0.1) is 22.8 Å². The molecule has 0 radical (unpaired) electrons. The number of amides is 2. The second kappa shape index (κ2) is 12.1. The number of carbonyl (C=O) groups is 2. The number of nitrogens with one attached hydrogen (secondary N) is 1. The zero-order valence-electron chi connectivity index (χ0n) is 22.4. The Hall–Kier alpha value is -2.89. The molecule has 1 aromatic heterocycles. The van der Waals surface area contributed by atoms with Gasteiger partial charge in [0.25, 0.3) is 11.8 Å². The van der Waals surface area contributed by atoms with E-state index in [0.717, 1.165) is 12.0 Å². The minimum Gasteiger partial charge on any atom is -0.493 e. The van der Waals surface area contributed by atoms with Crippen LogP contribution < -0.4 is 15.8 Å². The number of nitrogens with zero attached hydrogens (tertiary/aromatic N) is 3. The summed E-state index contributed by atoms with van der Waals surface area (Å²) in [7, 11) is -3.82. The zero-order valence-corrected chi connectivity index (χ0v) is 23.2. The maximum absolute atomic E-state index is 13.5. The largest absolute Gasteiger partial charge is 0.493 e. The molecule has 1 aromatic carbocycles. The first-order valence-corrected chi connectivity index (χ1v) is 14.3. The molecule has 0 unspecified atom stereocenters. The summed E-state index contributed by atoms with van der Waals surface area (Å²) in [5.74, 6) is -0.962. The Labute approximate surface area is 219 Å². The number of aromatic nitrogens is 1. The lowest BCUT2D eigenvalue weighted by atomic mass is 10.1. The predicted octanol–water partition coefficient (Wildman–Crippen LogP) is 2.93. The minimum absolute atomic E-state index is 0.0223. The van der Waals surface area contributed by atoms with Gasteiger partial charge in [-0.3, -0.25) is 14.5 Å². The van der Waals surface area contributed by atoms with Gasteiger partial charge in [0.2, 0.25) is 10.0 Å². The molecule has 2 amide bonds. The second-order valence-electron chi connectivity index (χ2n) is 9.36. The zero-order chi connectivity index (χ0) is 27.3. The molecule has 0 saturated carbocycles. The van der Waals surface area contributed by atoms with Gasteiger partial charge in [-0.15, -0.1) is 0 Å². The number of piperazine rings is 1. The van der Waals surface area contributed by atoms with Crippen molar-refractivity contribution in [2.24, 2.45) is 5.73 Å². The van der Waals surface area contributed by atoms with Crippen molar-refractivity contribution in [3.8, 4) is 5.75 Å². The van der Waals surface area contributed by atoms with E-state index >= 15 is 0 Å². The van der Waals surface area contributed by atoms with E-state index in [1.807, 2.05) is 20.0 Å². The van der Waals surface area contributed by atoms with E-state index in [4.69, 9.17) is 10.5 Å². The first-order chi connectivity index (χ1) is 17.5. The Balaban J connectivity index is 1.98. The monoisotopic (exact) mass is 533 g/mol. The molecule has 3 N–H and O–H groups in total.